The van der Waals surface area contributed by atoms with Crippen molar-refractivity contribution in [2.24, 2.45) is 5.41 Å². The van der Waals surface area contributed by atoms with Gasteiger partial charge in [-0.25, -0.2) is 0 Å². The van der Waals surface area contributed by atoms with Crippen LogP contribution in [0.4, 0.5) is 0 Å². The van der Waals surface area contributed by atoms with Crippen LogP contribution in [0.2, 0.25) is 0 Å². The minimum absolute atomic E-state index is 0.467. The molecule has 0 amide bonds. The van der Waals surface area contributed by atoms with Crippen LogP contribution in [0.5, 0.6) is 0 Å². The quantitative estimate of drug-likeness (QED) is 0.613. The van der Waals surface area contributed by atoms with Crippen molar-refractivity contribution < 1.29 is 4.74 Å². The molecule has 2 fully saturated rings. The SMILES string of the molecule is CC1(C)CN[C@H]1[C@H]1CCCO1. The smallest absolute Gasteiger partial charge is 0.0734 e. The van der Waals surface area contributed by atoms with E-state index in [4.69, 9.17) is 4.74 Å². The van der Waals surface area contributed by atoms with E-state index in [1.54, 1.807) is 0 Å². The molecule has 11 heavy (non-hydrogen) atoms. The number of rotatable bonds is 1. The van der Waals surface area contributed by atoms with Crippen LogP contribution < -0.4 is 5.32 Å². The van der Waals surface area contributed by atoms with E-state index in [0.29, 0.717) is 17.6 Å². The van der Waals surface area contributed by atoms with Crippen LogP contribution in [0, 0.1) is 5.41 Å². The fourth-order valence-electron chi connectivity index (χ4n) is 2.13. The predicted molar refractivity (Wildman–Crippen MR) is 44.5 cm³/mol. The summed E-state index contributed by atoms with van der Waals surface area (Å²) in [6.07, 6.45) is 3.00. The number of ether oxygens (including phenoxy) is 1. The maximum Gasteiger partial charge on any atom is 0.0734 e. The first kappa shape index (κ1) is 7.56. The van der Waals surface area contributed by atoms with Crippen LogP contribution in [0.3, 0.4) is 0 Å². The van der Waals surface area contributed by atoms with E-state index in [0.717, 1.165) is 13.2 Å². The molecule has 2 atom stereocenters. The van der Waals surface area contributed by atoms with Gasteiger partial charge in [-0.1, -0.05) is 13.8 Å². The van der Waals surface area contributed by atoms with E-state index < -0.39 is 0 Å². The van der Waals surface area contributed by atoms with Crippen molar-refractivity contribution in [2.75, 3.05) is 13.2 Å². The minimum atomic E-state index is 0.467. The highest BCUT2D eigenvalue weighted by molar-refractivity contribution is 5.01. The highest BCUT2D eigenvalue weighted by Gasteiger charge is 2.44. The van der Waals surface area contributed by atoms with Gasteiger partial charge in [0, 0.05) is 19.2 Å². The maximum absolute atomic E-state index is 5.63. The van der Waals surface area contributed by atoms with Gasteiger partial charge in [-0.2, -0.15) is 0 Å². The van der Waals surface area contributed by atoms with Crippen LogP contribution >= 0.6 is 0 Å². The van der Waals surface area contributed by atoms with Gasteiger partial charge in [-0.3, -0.25) is 0 Å². The summed E-state index contributed by atoms with van der Waals surface area (Å²) in [5.74, 6) is 0. The molecule has 0 aromatic carbocycles. The van der Waals surface area contributed by atoms with E-state index in [9.17, 15) is 0 Å². The predicted octanol–water partition coefficient (Wildman–Crippen LogP) is 1.16. The summed E-state index contributed by atoms with van der Waals surface area (Å²) in [5, 5.41) is 3.45. The number of hydrogen-bond acceptors (Lipinski definition) is 2. The van der Waals surface area contributed by atoms with Crippen LogP contribution in [-0.2, 0) is 4.74 Å². The van der Waals surface area contributed by atoms with Crippen molar-refractivity contribution in [1.82, 2.24) is 5.32 Å². The van der Waals surface area contributed by atoms with Crippen molar-refractivity contribution in [2.45, 2.75) is 38.8 Å². The molecule has 1 N–H and O–H groups in total. The first-order chi connectivity index (χ1) is 5.20. The van der Waals surface area contributed by atoms with E-state index in [1.807, 2.05) is 0 Å². The fourth-order valence-corrected chi connectivity index (χ4v) is 2.13. The van der Waals surface area contributed by atoms with Gasteiger partial charge in [0.15, 0.2) is 0 Å². The summed E-state index contributed by atoms with van der Waals surface area (Å²) in [6, 6.07) is 0.616. The lowest BCUT2D eigenvalue weighted by Crippen LogP contribution is -2.64. The van der Waals surface area contributed by atoms with E-state index in [1.165, 1.54) is 12.8 Å². The molecular weight excluding hydrogens is 138 g/mol. The third kappa shape index (κ3) is 1.18. The van der Waals surface area contributed by atoms with Gasteiger partial charge in [0.05, 0.1) is 6.10 Å². The zero-order valence-electron chi connectivity index (χ0n) is 7.39. The van der Waals surface area contributed by atoms with Crippen LogP contribution in [-0.4, -0.2) is 25.3 Å². The zero-order chi connectivity index (χ0) is 7.90. The van der Waals surface area contributed by atoms with E-state index in [2.05, 4.69) is 19.2 Å². The molecule has 0 bridgehead atoms. The average molecular weight is 155 g/mol. The molecule has 2 heteroatoms. The topological polar surface area (TPSA) is 21.3 Å². The van der Waals surface area contributed by atoms with Gasteiger partial charge in [-0.05, 0) is 18.3 Å². The Kier molecular flexibility index (Phi) is 1.69. The third-order valence-corrected chi connectivity index (χ3v) is 2.96. The number of nitrogens with one attached hydrogen (secondary N) is 1. The lowest BCUT2D eigenvalue weighted by molar-refractivity contribution is -0.0117. The molecule has 0 spiro atoms. The molecule has 2 saturated heterocycles. The summed E-state index contributed by atoms with van der Waals surface area (Å²) in [4.78, 5) is 0. The van der Waals surface area contributed by atoms with Gasteiger partial charge < -0.3 is 10.1 Å². The number of hydrogen-bond donors (Lipinski definition) is 1. The zero-order valence-corrected chi connectivity index (χ0v) is 7.39. The fraction of sp³-hybridized carbons (Fsp3) is 1.00. The van der Waals surface area contributed by atoms with Gasteiger partial charge in [0.2, 0.25) is 0 Å². The highest BCUT2D eigenvalue weighted by Crippen LogP contribution is 2.34. The largest absolute Gasteiger partial charge is 0.377 e. The Balaban J connectivity index is 1.94. The van der Waals surface area contributed by atoms with Crippen LogP contribution in [0.15, 0.2) is 0 Å². The Morgan fingerprint density at radius 3 is 2.64 bits per heavy atom. The molecule has 0 aromatic heterocycles. The summed E-state index contributed by atoms with van der Waals surface area (Å²) < 4.78 is 5.63. The molecule has 64 valence electrons. The molecule has 2 aliphatic rings. The summed E-state index contributed by atoms with van der Waals surface area (Å²) in [7, 11) is 0. The van der Waals surface area contributed by atoms with Crippen molar-refractivity contribution in [1.29, 1.82) is 0 Å². The minimum Gasteiger partial charge on any atom is -0.377 e. The molecule has 0 aromatic rings. The van der Waals surface area contributed by atoms with Crippen molar-refractivity contribution in [3.8, 4) is 0 Å². The normalized spacial score (nSPS) is 42.0. The Morgan fingerprint density at radius 2 is 2.27 bits per heavy atom. The van der Waals surface area contributed by atoms with Gasteiger partial charge in [0.1, 0.15) is 0 Å². The Bertz CT molecular complexity index is 150. The Labute approximate surface area is 68.3 Å². The molecule has 0 radical (unpaired) electrons. The second kappa shape index (κ2) is 2.46. The third-order valence-electron chi connectivity index (χ3n) is 2.96. The average Bonchev–Trinajstić information content (AvgIpc) is 2.38. The van der Waals surface area contributed by atoms with Gasteiger partial charge in [0.25, 0.3) is 0 Å². The Morgan fingerprint density at radius 1 is 1.45 bits per heavy atom. The van der Waals surface area contributed by atoms with Gasteiger partial charge >= 0.3 is 0 Å². The van der Waals surface area contributed by atoms with Crippen molar-refractivity contribution >= 4 is 0 Å². The lowest BCUT2D eigenvalue weighted by atomic mass is 9.74. The summed E-state index contributed by atoms with van der Waals surface area (Å²) >= 11 is 0. The van der Waals surface area contributed by atoms with Crippen molar-refractivity contribution in [3.05, 3.63) is 0 Å². The molecule has 2 nitrogen and oxygen atoms in total. The Hall–Kier alpha value is -0.0800. The summed E-state index contributed by atoms with van der Waals surface area (Å²) in [5.41, 5.74) is 0.467. The summed E-state index contributed by atoms with van der Waals surface area (Å²) in [6.45, 7) is 6.75. The molecule has 0 unspecified atom stereocenters. The highest BCUT2D eigenvalue weighted by atomic mass is 16.5. The molecule has 0 saturated carbocycles. The molecule has 0 aliphatic carbocycles. The lowest BCUT2D eigenvalue weighted by Gasteiger charge is -2.48. The standard InChI is InChI=1S/C9H17NO/c1-9(2)6-10-8(9)7-4-3-5-11-7/h7-8,10H,3-6H2,1-2H3/t7-,8+/m1/s1. The molecule has 2 aliphatic heterocycles. The van der Waals surface area contributed by atoms with Crippen LogP contribution in [0.1, 0.15) is 26.7 Å². The molecule has 2 heterocycles. The first-order valence-electron chi connectivity index (χ1n) is 4.55. The van der Waals surface area contributed by atoms with Gasteiger partial charge in [-0.15, -0.1) is 0 Å². The van der Waals surface area contributed by atoms with Crippen LogP contribution in [0.25, 0.3) is 0 Å². The molecular formula is C9H17NO. The van der Waals surface area contributed by atoms with Crippen molar-refractivity contribution in [3.63, 3.8) is 0 Å². The first-order valence-corrected chi connectivity index (χ1v) is 4.55. The van der Waals surface area contributed by atoms with E-state index >= 15 is 0 Å². The van der Waals surface area contributed by atoms with E-state index in [-0.39, 0.29) is 0 Å². The molecule has 2 rings (SSSR count). The second-order valence-electron chi connectivity index (χ2n) is 4.40. The maximum atomic E-state index is 5.63. The second-order valence-corrected chi connectivity index (χ2v) is 4.40. The monoisotopic (exact) mass is 155 g/mol.